The van der Waals surface area contributed by atoms with Crippen molar-refractivity contribution < 1.29 is 18.0 Å². The second kappa shape index (κ2) is 9.18. The maximum absolute atomic E-state index is 12.2. The minimum Gasteiger partial charge on any atom is -0.354 e. The molecule has 27 heavy (non-hydrogen) atoms. The van der Waals surface area contributed by atoms with Crippen LogP contribution in [0, 0.1) is 0 Å². The van der Waals surface area contributed by atoms with Gasteiger partial charge in [0.05, 0.1) is 11.9 Å². The van der Waals surface area contributed by atoms with Gasteiger partial charge in [-0.2, -0.15) is 0 Å². The summed E-state index contributed by atoms with van der Waals surface area (Å²) in [6, 6.07) is 16.0. The normalized spacial score (nSPS) is 10.9. The zero-order valence-electron chi connectivity index (χ0n) is 15.3. The molecule has 2 amide bonds. The van der Waals surface area contributed by atoms with Gasteiger partial charge in [0.2, 0.25) is 21.8 Å². The molecule has 0 unspecified atom stereocenters. The third-order valence-corrected chi connectivity index (χ3v) is 4.88. The Hall–Kier alpha value is -2.87. The van der Waals surface area contributed by atoms with Crippen LogP contribution in [0.4, 0.5) is 11.4 Å². The number of nitrogens with one attached hydrogen (secondary N) is 2. The summed E-state index contributed by atoms with van der Waals surface area (Å²) in [5.74, 6) is -0.609. The molecule has 0 heterocycles. The van der Waals surface area contributed by atoms with Gasteiger partial charge in [-0.15, -0.1) is 0 Å². The van der Waals surface area contributed by atoms with Gasteiger partial charge in [-0.05, 0) is 36.2 Å². The van der Waals surface area contributed by atoms with Crippen LogP contribution in [-0.2, 0) is 26.0 Å². The fourth-order valence-corrected chi connectivity index (χ4v) is 3.35. The lowest BCUT2D eigenvalue weighted by molar-refractivity contribution is -0.119. The molecule has 8 heteroatoms. The van der Waals surface area contributed by atoms with Crippen LogP contribution in [0.3, 0.4) is 0 Å². The van der Waals surface area contributed by atoms with Crippen molar-refractivity contribution in [3.8, 4) is 0 Å². The van der Waals surface area contributed by atoms with Crippen LogP contribution in [-0.4, -0.2) is 39.6 Å². The lowest BCUT2D eigenvalue weighted by atomic mass is 10.1. The zero-order chi connectivity index (χ0) is 19.9. The fourth-order valence-electron chi connectivity index (χ4n) is 2.49. The topological polar surface area (TPSA) is 95.6 Å². The molecule has 0 fully saturated rings. The van der Waals surface area contributed by atoms with Crippen molar-refractivity contribution in [1.82, 2.24) is 5.32 Å². The molecule has 0 saturated carbocycles. The standard InChI is InChI=1S/C19H23N3O4S/c1-15(23)21-17-8-10-18(11-9-17)22(27(2,25)26)14-19(24)20-13-12-16-6-4-3-5-7-16/h3-11H,12-14H2,1-2H3,(H,20,24)(H,21,23). The highest BCUT2D eigenvalue weighted by Gasteiger charge is 2.20. The fraction of sp³-hybridized carbons (Fsp3) is 0.263. The molecule has 0 radical (unpaired) electrons. The monoisotopic (exact) mass is 389 g/mol. The number of carbonyl (C=O) groups is 2. The van der Waals surface area contributed by atoms with E-state index in [0.717, 1.165) is 16.1 Å². The van der Waals surface area contributed by atoms with Crippen LogP contribution in [0.5, 0.6) is 0 Å². The Labute approximate surface area is 159 Å². The van der Waals surface area contributed by atoms with E-state index < -0.39 is 10.0 Å². The number of sulfonamides is 1. The summed E-state index contributed by atoms with van der Waals surface area (Å²) in [5.41, 5.74) is 1.99. The number of carbonyl (C=O) groups excluding carboxylic acids is 2. The van der Waals surface area contributed by atoms with E-state index in [4.69, 9.17) is 0 Å². The van der Waals surface area contributed by atoms with Crippen LogP contribution >= 0.6 is 0 Å². The first-order valence-electron chi connectivity index (χ1n) is 8.41. The van der Waals surface area contributed by atoms with Gasteiger partial charge in [0.1, 0.15) is 6.54 Å². The Morgan fingerprint density at radius 3 is 2.19 bits per heavy atom. The van der Waals surface area contributed by atoms with Crippen molar-refractivity contribution in [2.75, 3.05) is 29.0 Å². The van der Waals surface area contributed by atoms with Gasteiger partial charge in [-0.3, -0.25) is 13.9 Å². The maximum atomic E-state index is 12.2. The number of amides is 2. The predicted molar refractivity (Wildman–Crippen MR) is 106 cm³/mol. The second-order valence-electron chi connectivity index (χ2n) is 6.08. The molecular formula is C19H23N3O4S. The van der Waals surface area contributed by atoms with Crippen molar-refractivity contribution in [1.29, 1.82) is 0 Å². The Kier molecular flexibility index (Phi) is 6.95. The molecule has 0 atom stereocenters. The van der Waals surface area contributed by atoms with Crippen LogP contribution in [0.1, 0.15) is 12.5 Å². The van der Waals surface area contributed by atoms with E-state index in [0.29, 0.717) is 24.3 Å². The van der Waals surface area contributed by atoms with E-state index in [-0.39, 0.29) is 18.4 Å². The highest BCUT2D eigenvalue weighted by molar-refractivity contribution is 7.92. The first kappa shape index (κ1) is 20.4. The van der Waals surface area contributed by atoms with Gasteiger partial charge in [-0.1, -0.05) is 30.3 Å². The largest absolute Gasteiger partial charge is 0.354 e. The number of hydrogen-bond acceptors (Lipinski definition) is 4. The van der Waals surface area contributed by atoms with E-state index in [1.165, 1.54) is 6.92 Å². The molecule has 144 valence electrons. The summed E-state index contributed by atoms with van der Waals surface area (Å²) in [5, 5.41) is 5.35. The third-order valence-electron chi connectivity index (χ3n) is 3.74. The van der Waals surface area contributed by atoms with Gasteiger partial charge in [0, 0.05) is 19.2 Å². The molecular weight excluding hydrogens is 366 g/mol. The van der Waals surface area contributed by atoms with Crippen molar-refractivity contribution in [3.63, 3.8) is 0 Å². The van der Waals surface area contributed by atoms with Gasteiger partial charge in [0.25, 0.3) is 0 Å². The van der Waals surface area contributed by atoms with Crippen LogP contribution in [0.15, 0.2) is 54.6 Å². The molecule has 7 nitrogen and oxygen atoms in total. The molecule has 0 spiro atoms. The van der Waals surface area contributed by atoms with E-state index in [1.54, 1.807) is 24.3 Å². The first-order valence-corrected chi connectivity index (χ1v) is 10.3. The third kappa shape index (κ3) is 6.74. The molecule has 0 aliphatic rings. The highest BCUT2D eigenvalue weighted by Crippen LogP contribution is 2.20. The number of rotatable bonds is 8. The van der Waals surface area contributed by atoms with Gasteiger partial charge < -0.3 is 10.6 Å². The molecule has 0 aliphatic heterocycles. The number of hydrogen-bond donors (Lipinski definition) is 2. The number of nitrogens with zero attached hydrogens (tertiary/aromatic N) is 1. The van der Waals surface area contributed by atoms with Crippen molar-refractivity contribution in [2.24, 2.45) is 0 Å². The van der Waals surface area contributed by atoms with Gasteiger partial charge in [-0.25, -0.2) is 8.42 Å². The Balaban J connectivity index is 1.99. The van der Waals surface area contributed by atoms with Gasteiger partial charge >= 0.3 is 0 Å². The Morgan fingerprint density at radius 1 is 1.00 bits per heavy atom. The smallest absolute Gasteiger partial charge is 0.240 e. The van der Waals surface area contributed by atoms with Crippen LogP contribution in [0.2, 0.25) is 0 Å². The molecule has 2 N–H and O–H groups in total. The van der Waals surface area contributed by atoms with Gasteiger partial charge in [0.15, 0.2) is 0 Å². The van der Waals surface area contributed by atoms with E-state index in [2.05, 4.69) is 10.6 Å². The Morgan fingerprint density at radius 2 is 1.63 bits per heavy atom. The summed E-state index contributed by atoms with van der Waals surface area (Å²) < 4.78 is 25.2. The van der Waals surface area contributed by atoms with Crippen LogP contribution in [0.25, 0.3) is 0 Å². The quantitative estimate of drug-likeness (QED) is 0.719. The summed E-state index contributed by atoms with van der Waals surface area (Å²) >= 11 is 0. The average molecular weight is 389 g/mol. The summed E-state index contributed by atoms with van der Waals surface area (Å²) in [4.78, 5) is 23.3. The van der Waals surface area contributed by atoms with Crippen LogP contribution < -0.4 is 14.9 Å². The van der Waals surface area contributed by atoms with Crippen molar-refractivity contribution >= 4 is 33.2 Å². The number of anilines is 2. The molecule has 0 bridgehead atoms. The SMILES string of the molecule is CC(=O)Nc1ccc(N(CC(=O)NCCc2ccccc2)S(C)(=O)=O)cc1. The number of benzene rings is 2. The lowest BCUT2D eigenvalue weighted by Crippen LogP contribution is -2.40. The lowest BCUT2D eigenvalue weighted by Gasteiger charge is -2.22. The van der Waals surface area contributed by atoms with Crippen molar-refractivity contribution in [2.45, 2.75) is 13.3 Å². The molecule has 2 rings (SSSR count). The van der Waals surface area contributed by atoms with E-state index in [1.807, 2.05) is 30.3 Å². The minimum absolute atomic E-state index is 0.222. The molecule has 0 aliphatic carbocycles. The minimum atomic E-state index is -3.64. The molecule has 0 saturated heterocycles. The summed E-state index contributed by atoms with van der Waals surface area (Å²) in [6.07, 6.45) is 1.71. The average Bonchev–Trinajstić information content (AvgIpc) is 2.60. The van der Waals surface area contributed by atoms with Crippen molar-refractivity contribution in [3.05, 3.63) is 60.2 Å². The summed E-state index contributed by atoms with van der Waals surface area (Å²) in [6.45, 7) is 1.49. The molecule has 2 aromatic carbocycles. The molecule has 0 aromatic heterocycles. The van der Waals surface area contributed by atoms with E-state index >= 15 is 0 Å². The highest BCUT2D eigenvalue weighted by atomic mass is 32.2. The second-order valence-corrected chi connectivity index (χ2v) is 7.99. The van der Waals surface area contributed by atoms with E-state index in [9.17, 15) is 18.0 Å². The Bertz CT molecular complexity index is 881. The summed E-state index contributed by atoms with van der Waals surface area (Å²) in [7, 11) is -3.64. The zero-order valence-corrected chi connectivity index (χ0v) is 16.1. The maximum Gasteiger partial charge on any atom is 0.240 e. The first-order chi connectivity index (χ1) is 12.8. The predicted octanol–water partition coefficient (Wildman–Crippen LogP) is 1.77. The molecule has 2 aromatic rings.